The Balaban J connectivity index is 1.73. The summed E-state index contributed by atoms with van der Waals surface area (Å²) in [6.07, 6.45) is 0. The molecule has 7 nitrogen and oxygen atoms in total. The van der Waals surface area contributed by atoms with E-state index < -0.39 is 11.9 Å². The molecule has 23 heavy (non-hydrogen) atoms. The smallest absolute Gasteiger partial charge is 0.272 e. The lowest BCUT2D eigenvalue weighted by Crippen LogP contribution is -2.70. The van der Waals surface area contributed by atoms with Gasteiger partial charge >= 0.3 is 0 Å². The second kappa shape index (κ2) is 5.97. The number of nitrogens with one attached hydrogen (secondary N) is 1. The summed E-state index contributed by atoms with van der Waals surface area (Å²) in [5.74, 6) is 0.380. The number of fused-ring (bicyclic) bond motifs is 1. The fourth-order valence-electron chi connectivity index (χ4n) is 2.58. The van der Waals surface area contributed by atoms with Crippen LogP contribution in [0.15, 0.2) is 21.6 Å². The number of thioether (sulfide) groups is 1. The fourth-order valence-corrected chi connectivity index (χ4v) is 4.55. The SMILES string of the molecule is CN=C(C(=O)N[C@@H]1C(=O)N2C(C)=C(C)CS[C@H]12)c1csc(N)n1. The number of aromatic nitrogens is 1. The van der Waals surface area contributed by atoms with E-state index in [0.29, 0.717) is 10.8 Å². The number of β-lactam (4-membered cyclic amide) rings is 1. The van der Waals surface area contributed by atoms with Crippen LogP contribution in [0.4, 0.5) is 5.13 Å². The Hall–Kier alpha value is -1.87. The van der Waals surface area contributed by atoms with Crippen molar-refractivity contribution in [1.29, 1.82) is 0 Å². The lowest BCUT2D eigenvalue weighted by molar-refractivity contribution is -0.144. The maximum absolute atomic E-state index is 12.4. The number of nitrogens with two attached hydrogens (primary N) is 1. The molecule has 3 rings (SSSR count). The zero-order valence-electron chi connectivity index (χ0n) is 13.0. The van der Waals surface area contributed by atoms with E-state index in [0.717, 1.165) is 11.4 Å². The summed E-state index contributed by atoms with van der Waals surface area (Å²) in [4.78, 5) is 34.6. The highest BCUT2D eigenvalue weighted by Gasteiger charge is 2.51. The zero-order valence-corrected chi connectivity index (χ0v) is 14.6. The Kier molecular flexibility index (Phi) is 4.15. The normalized spacial score (nSPS) is 24.4. The lowest BCUT2D eigenvalue weighted by atomic mass is 10.0. The molecule has 9 heteroatoms. The number of carbonyl (C=O) groups excluding carboxylic acids is 2. The Labute approximate surface area is 142 Å². The number of hydrogen-bond acceptors (Lipinski definition) is 7. The van der Waals surface area contributed by atoms with Gasteiger partial charge in [-0.15, -0.1) is 23.1 Å². The van der Waals surface area contributed by atoms with E-state index in [9.17, 15) is 9.59 Å². The van der Waals surface area contributed by atoms with Crippen molar-refractivity contribution in [1.82, 2.24) is 15.2 Å². The number of carbonyl (C=O) groups is 2. The Morgan fingerprint density at radius 2 is 2.26 bits per heavy atom. The number of rotatable bonds is 3. The van der Waals surface area contributed by atoms with Gasteiger partial charge in [-0.3, -0.25) is 19.5 Å². The van der Waals surface area contributed by atoms with Gasteiger partial charge in [-0.2, -0.15) is 0 Å². The second-order valence-corrected chi connectivity index (χ2v) is 7.36. The number of thiazole rings is 1. The summed E-state index contributed by atoms with van der Waals surface area (Å²) in [6, 6.07) is -0.525. The molecule has 1 saturated heterocycles. The van der Waals surface area contributed by atoms with Crippen LogP contribution < -0.4 is 11.1 Å². The van der Waals surface area contributed by atoms with Crippen molar-refractivity contribution in [2.45, 2.75) is 25.3 Å². The molecule has 0 spiro atoms. The fraction of sp³-hybridized carbons (Fsp3) is 0.429. The molecular formula is C14H17N5O2S2. The monoisotopic (exact) mass is 351 g/mol. The molecule has 3 heterocycles. The van der Waals surface area contributed by atoms with Gasteiger partial charge in [0, 0.05) is 23.9 Å². The summed E-state index contributed by atoms with van der Waals surface area (Å²) in [5, 5.41) is 4.78. The molecule has 1 fully saturated rings. The predicted molar refractivity (Wildman–Crippen MR) is 92.4 cm³/mol. The van der Waals surface area contributed by atoms with Crippen LogP contribution >= 0.6 is 23.1 Å². The van der Waals surface area contributed by atoms with Gasteiger partial charge in [-0.05, 0) is 19.4 Å². The minimum atomic E-state index is -0.525. The van der Waals surface area contributed by atoms with Crippen LogP contribution in [0.25, 0.3) is 0 Å². The summed E-state index contributed by atoms with van der Waals surface area (Å²) in [6.45, 7) is 3.96. The maximum atomic E-state index is 12.4. The minimum Gasteiger partial charge on any atom is -0.375 e. The number of amides is 2. The quantitative estimate of drug-likeness (QED) is 0.621. The zero-order chi connectivity index (χ0) is 16.7. The second-order valence-electron chi connectivity index (χ2n) is 5.37. The summed E-state index contributed by atoms with van der Waals surface area (Å²) in [5.41, 5.74) is 8.40. The summed E-state index contributed by atoms with van der Waals surface area (Å²) in [7, 11) is 1.52. The van der Waals surface area contributed by atoms with Gasteiger partial charge in [-0.25, -0.2) is 4.98 Å². The average molecular weight is 351 g/mol. The third-order valence-corrected chi connectivity index (χ3v) is 6.08. The van der Waals surface area contributed by atoms with Crippen LogP contribution in [-0.4, -0.2) is 51.6 Å². The van der Waals surface area contributed by atoms with E-state index in [1.54, 1.807) is 22.0 Å². The molecule has 0 radical (unpaired) electrons. The van der Waals surface area contributed by atoms with Crippen LogP contribution in [0, 0.1) is 0 Å². The molecule has 0 bridgehead atoms. The van der Waals surface area contributed by atoms with E-state index >= 15 is 0 Å². The molecule has 2 atom stereocenters. The molecule has 1 aromatic rings. The van der Waals surface area contributed by atoms with Gasteiger partial charge < -0.3 is 11.1 Å². The molecule has 3 N–H and O–H groups in total. The van der Waals surface area contributed by atoms with Gasteiger partial charge in [0.2, 0.25) is 0 Å². The Morgan fingerprint density at radius 3 is 2.87 bits per heavy atom. The third kappa shape index (κ3) is 2.63. The van der Waals surface area contributed by atoms with Crippen molar-refractivity contribution in [2.24, 2.45) is 4.99 Å². The maximum Gasteiger partial charge on any atom is 0.272 e. The molecule has 2 aliphatic rings. The van der Waals surface area contributed by atoms with Crippen molar-refractivity contribution in [3.8, 4) is 0 Å². The topological polar surface area (TPSA) is 101 Å². The van der Waals surface area contributed by atoms with Gasteiger partial charge in [0.1, 0.15) is 22.8 Å². The molecule has 2 aliphatic heterocycles. The predicted octanol–water partition coefficient (Wildman–Crippen LogP) is 0.838. The van der Waals surface area contributed by atoms with Crippen molar-refractivity contribution in [2.75, 3.05) is 18.5 Å². The molecule has 0 unspecified atom stereocenters. The van der Waals surface area contributed by atoms with E-state index in [-0.39, 0.29) is 17.0 Å². The van der Waals surface area contributed by atoms with Gasteiger partial charge in [0.05, 0.1) is 0 Å². The first-order valence-electron chi connectivity index (χ1n) is 7.04. The number of anilines is 1. The highest BCUT2D eigenvalue weighted by molar-refractivity contribution is 8.00. The highest BCUT2D eigenvalue weighted by atomic mass is 32.2. The van der Waals surface area contributed by atoms with Gasteiger partial charge in [-0.1, -0.05) is 0 Å². The minimum absolute atomic E-state index is 0.0474. The Morgan fingerprint density at radius 1 is 1.52 bits per heavy atom. The van der Waals surface area contributed by atoms with Gasteiger partial charge in [0.15, 0.2) is 5.13 Å². The molecule has 122 valence electrons. The molecular weight excluding hydrogens is 334 g/mol. The van der Waals surface area contributed by atoms with Crippen LogP contribution in [0.1, 0.15) is 19.5 Å². The number of nitrogens with zero attached hydrogens (tertiary/aromatic N) is 3. The Bertz CT molecular complexity index is 739. The average Bonchev–Trinajstić information content (AvgIpc) is 2.94. The van der Waals surface area contributed by atoms with Crippen LogP contribution in [0.5, 0.6) is 0 Å². The third-order valence-electron chi connectivity index (χ3n) is 3.98. The largest absolute Gasteiger partial charge is 0.375 e. The van der Waals surface area contributed by atoms with Crippen LogP contribution in [-0.2, 0) is 9.59 Å². The number of allylic oxidation sites excluding steroid dienone is 1. The molecule has 2 amide bonds. The van der Waals surface area contributed by atoms with E-state index in [1.165, 1.54) is 24.0 Å². The number of aliphatic imine (C=N–C) groups is 1. The first-order chi connectivity index (χ1) is 10.9. The first kappa shape index (κ1) is 16.0. The molecule has 0 aliphatic carbocycles. The molecule has 0 saturated carbocycles. The van der Waals surface area contributed by atoms with E-state index in [2.05, 4.69) is 15.3 Å². The number of hydrogen-bond donors (Lipinski definition) is 2. The van der Waals surface area contributed by atoms with E-state index in [1.807, 2.05) is 13.8 Å². The standard InChI is InChI=1S/C14H17N5O2S2/c1-6-4-22-13-10(12(21)19(13)7(6)2)18-11(20)9(16-3)8-5-23-14(15)17-8/h5,10,13H,4H2,1-3H3,(H2,15,17)(H,18,20)/t10-,13-/m1/s1. The molecule has 0 aromatic carbocycles. The first-order valence-corrected chi connectivity index (χ1v) is 8.97. The highest BCUT2D eigenvalue weighted by Crippen LogP contribution is 2.39. The van der Waals surface area contributed by atoms with Crippen molar-refractivity contribution in [3.05, 3.63) is 22.3 Å². The van der Waals surface area contributed by atoms with Crippen LogP contribution in [0.2, 0.25) is 0 Å². The summed E-state index contributed by atoms with van der Waals surface area (Å²) >= 11 is 2.90. The summed E-state index contributed by atoms with van der Waals surface area (Å²) < 4.78 is 0. The van der Waals surface area contributed by atoms with Crippen LogP contribution in [0.3, 0.4) is 0 Å². The lowest BCUT2D eigenvalue weighted by Gasteiger charge is -2.49. The van der Waals surface area contributed by atoms with Crippen molar-refractivity contribution < 1.29 is 9.59 Å². The number of nitrogen functional groups attached to an aromatic ring is 1. The van der Waals surface area contributed by atoms with Crippen molar-refractivity contribution in [3.63, 3.8) is 0 Å². The molecule has 1 aromatic heterocycles. The van der Waals surface area contributed by atoms with Crippen molar-refractivity contribution >= 4 is 45.8 Å². The van der Waals surface area contributed by atoms with E-state index in [4.69, 9.17) is 5.73 Å². The van der Waals surface area contributed by atoms with Gasteiger partial charge in [0.25, 0.3) is 11.8 Å².